The molecule has 4 atom stereocenters. The second-order valence-corrected chi connectivity index (χ2v) is 6.67. The molecule has 9 heteroatoms. The van der Waals surface area contributed by atoms with E-state index in [0.29, 0.717) is 23.4 Å². The summed E-state index contributed by atoms with van der Waals surface area (Å²) in [5.74, 6) is -1.07. The van der Waals surface area contributed by atoms with Gasteiger partial charge in [-0.25, -0.2) is 4.79 Å². The normalized spacial score (nSPS) is 35.6. The molecule has 0 aromatic carbocycles. The van der Waals surface area contributed by atoms with Crippen LogP contribution in [-0.4, -0.2) is 67.7 Å². The number of Topliss-reactive ketones (excluding diaryl/α,β-unsaturated/α-hetero) is 2. The number of allylic oxidation sites excluding steroid dienone is 2. The van der Waals surface area contributed by atoms with Gasteiger partial charge in [-0.2, -0.15) is 0 Å². The number of piperazine rings is 1. The van der Waals surface area contributed by atoms with Crippen LogP contribution in [-0.2, 0) is 19.1 Å². The van der Waals surface area contributed by atoms with E-state index in [0.717, 1.165) is 0 Å². The highest BCUT2D eigenvalue weighted by Gasteiger charge is 2.72. The summed E-state index contributed by atoms with van der Waals surface area (Å²) in [7, 11) is 3.14. The van der Waals surface area contributed by atoms with Crippen molar-refractivity contribution in [1.82, 2.24) is 15.5 Å². The summed E-state index contributed by atoms with van der Waals surface area (Å²) in [6, 6.07) is 0.145. The molecule has 1 amide bonds. The molecule has 0 bridgehead atoms. The zero-order valence-electron chi connectivity index (χ0n) is 14.2. The summed E-state index contributed by atoms with van der Waals surface area (Å²) in [6.07, 6.45) is -0.930. The molecule has 4 N–H and O–H groups in total. The molecule has 3 aliphatic heterocycles. The number of nitrogens with one attached hydrogen (secondary N) is 2. The maximum Gasteiger partial charge on any atom is 0.404 e. The van der Waals surface area contributed by atoms with Crippen molar-refractivity contribution >= 4 is 17.7 Å². The monoisotopic (exact) mass is 348 g/mol. The molecule has 2 unspecified atom stereocenters. The number of methoxy groups -OCH3 is 1. The van der Waals surface area contributed by atoms with Gasteiger partial charge in [-0.3, -0.25) is 9.59 Å². The van der Waals surface area contributed by atoms with Crippen LogP contribution >= 0.6 is 0 Å². The van der Waals surface area contributed by atoms with Gasteiger partial charge in [0.1, 0.15) is 6.61 Å². The van der Waals surface area contributed by atoms with Crippen molar-refractivity contribution in [2.45, 2.75) is 24.7 Å². The lowest BCUT2D eigenvalue weighted by atomic mass is 9.82. The predicted molar refractivity (Wildman–Crippen MR) is 85.0 cm³/mol. The molecule has 25 heavy (non-hydrogen) atoms. The van der Waals surface area contributed by atoms with Gasteiger partial charge in [0.2, 0.25) is 11.6 Å². The minimum absolute atomic E-state index is 0.0384. The quantitative estimate of drug-likeness (QED) is 0.418. The maximum atomic E-state index is 13.1. The summed E-state index contributed by atoms with van der Waals surface area (Å²) in [5.41, 5.74) is 5.52. The molecule has 2 saturated heterocycles. The number of carbonyl (C=O) groups excluding carboxylic acids is 3. The van der Waals surface area contributed by atoms with Gasteiger partial charge in [0, 0.05) is 37.9 Å². The molecule has 9 nitrogen and oxygen atoms in total. The molecule has 134 valence electrons. The van der Waals surface area contributed by atoms with Crippen LogP contribution in [0.15, 0.2) is 22.5 Å². The number of hydrogen-bond acceptors (Lipinski definition) is 8. The fourth-order valence-electron chi connectivity index (χ4n) is 4.59. The minimum atomic E-state index is -0.931. The summed E-state index contributed by atoms with van der Waals surface area (Å²) < 4.78 is 10.9. The molecule has 0 aromatic rings. The van der Waals surface area contributed by atoms with E-state index >= 15 is 0 Å². The number of amides is 1. The predicted octanol–water partition coefficient (Wildman–Crippen LogP) is -1.39. The van der Waals surface area contributed by atoms with Gasteiger partial charge in [0.05, 0.1) is 23.4 Å². The first-order valence-corrected chi connectivity index (χ1v) is 8.11. The standard InChI is InChI=1S/C16H20N4O5/c1-6-10(18-2)13(22)9-7(5-25-15(17)23)16(24-3)14-8(19-14)4-20(16)11(9)12(6)21/h7-8,14,18-19H,4-5H2,1-3H3,(H2,17,23)/t7-,8?,14?,16-/m1/s1. The number of nitrogens with zero attached hydrogens (tertiary/aromatic N) is 1. The number of hydrogen-bond donors (Lipinski definition) is 3. The van der Waals surface area contributed by atoms with E-state index in [2.05, 4.69) is 10.6 Å². The number of rotatable bonds is 4. The van der Waals surface area contributed by atoms with Crippen LogP contribution in [0.1, 0.15) is 6.92 Å². The number of ketones is 2. The Morgan fingerprint density at radius 2 is 2.16 bits per heavy atom. The Morgan fingerprint density at radius 1 is 1.44 bits per heavy atom. The molecule has 3 heterocycles. The smallest absolute Gasteiger partial charge is 0.404 e. The summed E-state index contributed by atoms with van der Waals surface area (Å²) in [4.78, 5) is 39.0. The highest BCUT2D eigenvalue weighted by atomic mass is 16.6. The Labute approximate surface area is 144 Å². The zero-order valence-corrected chi connectivity index (χ0v) is 14.2. The van der Waals surface area contributed by atoms with Crippen molar-refractivity contribution in [3.63, 3.8) is 0 Å². The highest BCUT2D eigenvalue weighted by molar-refractivity contribution is 6.25. The first kappa shape index (κ1) is 16.1. The van der Waals surface area contributed by atoms with Gasteiger partial charge in [0.15, 0.2) is 5.72 Å². The van der Waals surface area contributed by atoms with E-state index in [1.807, 2.05) is 4.90 Å². The van der Waals surface area contributed by atoms with Crippen molar-refractivity contribution in [2.24, 2.45) is 11.7 Å². The second-order valence-electron chi connectivity index (χ2n) is 6.67. The Bertz CT molecular complexity index is 772. The van der Waals surface area contributed by atoms with Gasteiger partial charge in [-0.1, -0.05) is 0 Å². The van der Waals surface area contributed by atoms with Crippen molar-refractivity contribution in [3.05, 3.63) is 22.5 Å². The Morgan fingerprint density at radius 3 is 2.76 bits per heavy atom. The maximum absolute atomic E-state index is 13.1. The van der Waals surface area contributed by atoms with Crippen LogP contribution in [0.3, 0.4) is 0 Å². The van der Waals surface area contributed by atoms with Crippen molar-refractivity contribution in [2.75, 3.05) is 27.3 Å². The SMILES string of the molecule is CNC1=C(C)C(=O)C2=C(C1=O)[C@@H](COC(N)=O)[C@@]1(OC)C3NC3CN21. The molecule has 0 aromatic heterocycles. The average Bonchev–Trinajstić information content (AvgIpc) is 3.18. The molecule has 0 saturated carbocycles. The van der Waals surface area contributed by atoms with Crippen LogP contribution in [0.2, 0.25) is 0 Å². The number of fused-ring (bicyclic) bond motifs is 4. The highest BCUT2D eigenvalue weighted by Crippen LogP contribution is 2.55. The number of primary amides is 1. The third-order valence-electron chi connectivity index (χ3n) is 5.68. The lowest BCUT2D eigenvalue weighted by Gasteiger charge is -2.39. The number of nitrogens with two attached hydrogens (primary N) is 1. The first-order valence-electron chi connectivity index (χ1n) is 8.11. The van der Waals surface area contributed by atoms with Gasteiger partial charge < -0.3 is 30.7 Å². The molecular formula is C16H20N4O5. The first-order chi connectivity index (χ1) is 11.9. The molecular weight excluding hydrogens is 328 g/mol. The van der Waals surface area contributed by atoms with Crippen molar-refractivity contribution in [1.29, 1.82) is 0 Å². The van der Waals surface area contributed by atoms with Gasteiger partial charge in [-0.05, 0) is 6.92 Å². The van der Waals surface area contributed by atoms with Crippen LogP contribution in [0.4, 0.5) is 4.79 Å². The molecule has 4 aliphatic rings. The molecule has 1 aliphatic carbocycles. The fourth-order valence-corrected chi connectivity index (χ4v) is 4.59. The van der Waals surface area contributed by atoms with Gasteiger partial charge >= 0.3 is 6.09 Å². The summed E-state index contributed by atoms with van der Waals surface area (Å²) in [6.45, 7) is 2.07. The summed E-state index contributed by atoms with van der Waals surface area (Å²) in [5, 5.41) is 6.13. The van der Waals surface area contributed by atoms with Gasteiger partial charge in [0.25, 0.3) is 0 Å². The lowest BCUT2D eigenvalue weighted by Crippen LogP contribution is -2.55. The fraction of sp³-hybridized carbons (Fsp3) is 0.562. The zero-order chi connectivity index (χ0) is 18.1. The third-order valence-corrected chi connectivity index (χ3v) is 5.68. The number of likely N-dealkylation sites (N-methyl/N-ethyl adjacent to an activating group) is 1. The van der Waals surface area contributed by atoms with Crippen LogP contribution in [0, 0.1) is 5.92 Å². The van der Waals surface area contributed by atoms with E-state index in [-0.39, 0.29) is 36.0 Å². The van der Waals surface area contributed by atoms with Crippen molar-refractivity contribution < 1.29 is 23.9 Å². The lowest BCUT2D eigenvalue weighted by molar-refractivity contribution is -0.137. The van der Waals surface area contributed by atoms with E-state index in [1.165, 1.54) is 0 Å². The number of carbonyl (C=O) groups is 3. The van der Waals surface area contributed by atoms with Crippen LogP contribution < -0.4 is 16.4 Å². The Balaban J connectivity index is 1.84. The average molecular weight is 348 g/mol. The molecule has 2 fully saturated rings. The minimum Gasteiger partial charge on any atom is -0.449 e. The largest absolute Gasteiger partial charge is 0.449 e. The topological polar surface area (TPSA) is 133 Å². The molecule has 4 rings (SSSR count). The molecule has 0 spiro atoms. The van der Waals surface area contributed by atoms with E-state index in [1.54, 1.807) is 21.1 Å². The Kier molecular flexibility index (Phi) is 3.26. The van der Waals surface area contributed by atoms with Crippen molar-refractivity contribution in [3.8, 4) is 0 Å². The second kappa shape index (κ2) is 5.06. The number of ether oxygens (including phenoxy) is 2. The Hall–Kier alpha value is -2.39. The third kappa shape index (κ3) is 1.82. The summed E-state index contributed by atoms with van der Waals surface area (Å²) >= 11 is 0. The molecule has 0 radical (unpaired) electrons. The van der Waals surface area contributed by atoms with Crippen LogP contribution in [0.25, 0.3) is 0 Å². The van der Waals surface area contributed by atoms with Gasteiger partial charge in [-0.15, -0.1) is 0 Å². The van der Waals surface area contributed by atoms with E-state index in [4.69, 9.17) is 15.2 Å². The van der Waals surface area contributed by atoms with Crippen LogP contribution in [0.5, 0.6) is 0 Å². The van der Waals surface area contributed by atoms with E-state index in [9.17, 15) is 14.4 Å². The van der Waals surface area contributed by atoms with E-state index < -0.39 is 17.7 Å².